The molecule has 3 rings (SSSR count). The van der Waals surface area contributed by atoms with Crippen molar-refractivity contribution >= 4 is 5.91 Å². The number of hydrogen-bond donors (Lipinski definition) is 1. The lowest BCUT2D eigenvalue weighted by atomic mass is 10.1. The van der Waals surface area contributed by atoms with Crippen molar-refractivity contribution in [1.82, 2.24) is 20.1 Å². The molecular weight excluding hydrogens is 380 g/mol. The average Bonchev–Trinajstić information content (AvgIpc) is 3.22. The third-order valence-electron chi connectivity index (χ3n) is 5.50. The Labute approximate surface area is 179 Å². The van der Waals surface area contributed by atoms with Gasteiger partial charge in [-0.25, -0.2) is 4.98 Å². The molecule has 1 aliphatic rings. The normalized spacial score (nSPS) is 15.5. The van der Waals surface area contributed by atoms with E-state index < -0.39 is 0 Å². The Morgan fingerprint density at radius 2 is 1.93 bits per heavy atom. The van der Waals surface area contributed by atoms with Gasteiger partial charge < -0.3 is 19.4 Å². The minimum absolute atomic E-state index is 0.210. The van der Waals surface area contributed by atoms with Crippen molar-refractivity contribution < 1.29 is 13.9 Å². The minimum atomic E-state index is -0.210. The number of amides is 1. The molecule has 0 unspecified atom stereocenters. The van der Waals surface area contributed by atoms with E-state index in [0.29, 0.717) is 31.1 Å². The number of oxazole rings is 1. The number of nitrogens with zero attached hydrogens (tertiary/aromatic N) is 3. The maximum atomic E-state index is 12.4. The number of aromatic nitrogens is 1. The number of ether oxygens (including phenoxy) is 1. The summed E-state index contributed by atoms with van der Waals surface area (Å²) < 4.78 is 10.9. The molecule has 30 heavy (non-hydrogen) atoms. The Morgan fingerprint density at radius 3 is 2.67 bits per heavy atom. The van der Waals surface area contributed by atoms with Gasteiger partial charge in [0.1, 0.15) is 12.0 Å². The quantitative estimate of drug-likeness (QED) is 0.645. The summed E-state index contributed by atoms with van der Waals surface area (Å²) in [5.41, 5.74) is 1.40. The number of benzene rings is 1. The van der Waals surface area contributed by atoms with Gasteiger partial charge in [-0.1, -0.05) is 32.0 Å². The molecular formula is C23H34N4O3. The van der Waals surface area contributed by atoms with Crippen LogP contribution in [0.25, 0.3) is 0 Å². The van der Waals surface area contributed by atoms with Crippen LogP contribution in [-0.2, 0) is 13.0 Å². The van der Waals surface area contributed by atoms with Gasteiger partial charge in [0.2, 0.25) is 5.89 Å². The summed E-state index contributed by atoms with van der Waals surface area (Å²) in [5, 5.41) is 2.91. The second-order valence-electron chi connectivity index (χ2n) is 8.24. The Hall–Kier alpha value is -2.38. The lowest BCUT2D eigenvalue weighted by molar-refractivity contribution is 0.0948. The molecule has 1 fully saturated rings. The molecule has 164 valence electrons. The molecule has 0 bridgehead atoms. The van der Waals surface area contributed by atoms with Crippen LogP contribution in [-0.4, -0.2) is 67.1 Å². The second-order valence-corrected chi connectivity index (χ2v) is 8.24. The first-order valence-electron chi connectivity index (χ1n) is 10.8. The van der Waals surface area contributed by atoms with Crippen LogP contribution in [0.2, 0.25) is 0 Å². The predicted molar refractivity (Wildman–Crippen MR) is 117 cm³/mol. The van der Waals surface area contributed by atoms with Gasteiger partial charge in [0.15, 0.2) is 5.69 Å². The van der Waals surface area contributed by atoms with Gasteiger partial charge in [0, 0.05) is 32.7 Å². The van der Waals surface area contributed by atoms with Crippen molar-refractivity contribution in [3.05, 3.63) is 47.7 Å². The maximum Gasteiger partial charge on any atom is 0.273 e. The summed E-state index contributed by atoms with van der Waals surface area (Å²) in [4.78, 5) is 21.6. The third-order valence-corrected chi connectivity index (χ3v) is 5.50. The molecule has 0 aliphatic carbocycles. The Morgan fingerprint density at radius 1 is 1.20 bits per heavy atom. The second kappa shape index (κ2) is 11.1. The topological polar surface area (TPSA) is 70.8 Å². The molecule has 1 saturated heterocycles. The van der Waals surface area contributed by atoms with Crippen molar-refractivity contribution in [2.45, 2.75) is 33.2 Å². The number of carbonyl (C=O) groups is 1. The summed E-state index contributed by atoms with van der Waals surface area (Å²) in [7, 11) is 1.65. The van der Waals surface area contributed by atoms with E-state index in [1.165, 1.54) is 19.2 Å². The molecule has 0 saturated carbocycles. The lowest BCUT2D eigenvalue weighted by Gasteiger charge is -2.34. The van der Waals surface area contributed by atoms with Crippen molar-refractivity contribution in [2.75, 3.05) is 46.4 Å². The van der Waals surface area contributed by atoms with Crippen molar-refractivity contribution in [1.29, 1.82) is 0 Å². The molecule has 7 nitrogen and oxygen atoms in total. The molecule has 1 aliphatic heterocycles. The summed E-state index contributed by atoms with van der Waals surface area (Å²) in [6, 6.07) is 7.82. The van der Waals surface area contributed by atoms with Crippen molar-refractivity contribution in [3.8, 4) is 5.75 Å². The van der Waals surface area contributed by atoms with Gasteiger partial charge >= 0.3 is 0 Å². The zero-order valence-electron chi connectivity index (χ0n) is 18.4. The van der Waals surface area contributed by atoms with E-state index in [9.17, 15) is 4.79 Å². The number of nitrogens with one attached hydrogen (secondary N) is 1. The van der Waals surface area contributed by atoms with E-state index in [4.69, 9.17) is 9.15 Å². The van der Waals surface area contributed by atoms with E-state index >= 15 is 0 Å². The predicted octanol–water partition coefficient (Wildman–Crippen LogP) is 2.82. The van der Waals surface area contributed by atoms with Crippen LogP contribution in [0.5, 0.6) is 5.75 Å². The number of methoxy groups -OCH3 is 1. The molecule has 0 radical (unpaired) electrons. The van der Waals surface area contributed by atoms with Gasteiger partial charge in [-0.2, -0.15) is 0 Å². The first kappa shape index (κ1) is 22.3. The summed E-state index contributed by atoms with van der Waals surface area (Å²) >= 11 is 0. The largest absolute Gasteiger partial charge is 0.496 e. The maximum absolute atomic E-state index is 12.4. The van der Waals surface area contributed by atoms with Crippen LogP contribution in [0.4, 0.5) is 0 Å². The van der Waals surface area contributed by atoms with Crippen LogP contribution in [0.3, 0.4) is 0 Å². The Balaban J connectivity index is 1.41. The van der Waals surface area contributed by atoms with E-state index in [0.717, 1.165) is 43.4 Å². The highest BCUT2D eigenvalue weighted by atomic mass is 16.5. The minimum Gasteiger partial charge on any atom is -0.496 e. The third kappa shape index (κ3) is 6.57. The highest BCUT2D eigenvalue weighted by Gasteiger charge is 2.19. The fourth-order valence-corrected chi connectivity index (χ4v) is 3.60. The first-order chi connectivity index (χ1) is 14.5. The van der Waals surface area contributed by atoms with Crippen molar-refractivity contribution in [3.63, 3.8) is 0 Å². The number of carbonyl (C=O) groups excluding carboxylic acids is 1. The van der Waals surface area contributed by atoms with Gasteiger partial charge in [0.25, 0.3) is 5.91 Å². The highest BCUT2D eigenvalue weighted by molar-refractivity contribution is 5.91. The molecule has 2 aromatic rings. The number of piperazine rings is 1. The summed E-state index contributed by atoms with van der Waals surface area (Å²) in [6.07, 6.45) is 3.39. The van der Waals surface area contributed by atoms with E-state index in [1.807, 2.05) is 24.3 Å². The van der Waals surface area contributed by atoms with Crippen LogP contribution < -0.4 is 10.1 Å². The molecule has 7 heteroatoms. The molecule has 0 atom stereocenters. The number of hydrogen-bond acceptors (Lipinski definition) is 6. The summed E-state index contributed by atoms with van der Waals surface area (Å²) in [5.74, 6) is 1.97. The van der Waals surface area contributed by atoms with Gasteiger partial charge in [-0.15, -0.1) is 0 Å². The van der Waals surface area contributed by atoms with E-state index in [2.05, 4.69) is 33.9 Å². The van der Waals surface area contributed by atoms with E-state index in [1.54, 1.807) is 7.11 Å². The lowest BCUT2D eigenvalue weighted by Crippen LogP contribution is -2.46. The van der Waals surface area contributed by atoms with Crippen molar-refractivity contribution in [2.24, 2.45) is 5.92 Å². The van der Waals surface area contributed by atoms with Crippen LogP contribution in [0.1, 0.15) is 42.2 Å². The summed E-state index contributed by atoms with van der Waals surface area (Å²) in [6.45, 7) is 11.0. The highest BCUT2D eigenvalue weighted by Crippen LogP contribution is 2.17. The Bertz CT molecular complexity index is 797. The van der Waals surface area contributed by atoms with Gasteiger partial charge in [-0.3, -0.25) is 9.69 Å². The smallest absolute Gasteiger partial charge is 0.273 e. The Kier molecular flexibility index (Phi) is 8.28. The monoisotopic (exact) mass is 414 g/mol. The first-order valence-corrected chi connectivity index (χ1v) is 10.8. The number of rotatable bonds is 10. The zero-order chi connectivity index (χ0) is 21.3. The fraction of sp³-hybridized carbons (Fsp3) is 0.565. The molecule has 1 aromatic heterocycles. The molecule has 2 heterocycles. The van der Waals surface area contributed by atoms with E-state index in [-0.39, 0.29) is 5.91 Å². The molecule has 1 aromatic carbocycles. The van der Waals surface area contributed by atoms with Crippen LogP contribution >= 0.6 is 0 Å². The standard InChI is InChI=1S/C23H34N4O3/c1-18(2)9-11-26-12-14-27(15-13-26)16-22-25-20(17-30-22)23(28)24-10-8-19-6-4-5-7-21(19)29-3/h4-7,17-18H,8-16H2,1-3H3,(H,24,28). The SMILES string of the molecule is COc1ccccc1CCNC(=O)c1coc(CN2CCN(CCC(C)C)CC2)n1. The zero-order valence-corrected chi connectivity index (χ0v) is 18.4. The fourth-order valence-electron chi connectivity index (χ4n) is 3.60. The van der Waals surface area contributed by atoms with Gasteiger partial charge in [0.05, 0.1) is 13.7 Å². The number of para-hydroxylation sites is 1. The van der Waals surface area contributed by atoms with Crippen LogP contribution in [0.15, 0.2) is 34.9 Å². The molecule has 0 spiro atoms. The molecule has 1 N–H and O–H groups in total. The average molecular weight is 415 g/mol. The van der Waals surface area contributed by atoms with Crippen LogP contribution in [0, 0.1) is 5.92 Å². The van der Waals surface area contributed by atoms with Gasteiger partial charge in [-0.05, 0) is 36.9 Å². The molecule has 1 amide bonds.